The van der Waals surface area contributed by atoms with E-state index >= 15 is 0 Å². The lowest BCUT2D eigenvalue weighted by Gasteiger charge is -2.13. The molecular formula is C20H19N3O5. The number of carbonyl (C=O) groups is 1. The van der Waals surface area contributed by atoms with Crippen molar-refractivity contribution >= 4 is 11.5 Å². The molecule has 0 aliphatic heterocycles. The molecule has 0 amide bonds. The van der Waals surface area contributed by atoms with E-state index in [4.69, 9.17) is 4.74 Å². The molecular weight excluding hydrogens is 362 g/mol. The lowest BCUT2D eigenvalue weighted by atomic mass is 10.0. The molecule has 2 aromatic carbocycles. The number of aryl methyl sites for hydroxylation is 4. The van der Waals surface area contributed by atoms with Crippen molar-refractivity contribution in [3.8, 4) is 11.5 Å². The minimum absolute atomic E-state index is 0.0572. The van der Waals surface area contributed by atoms with Crippen LogP contribution in [-0.2, 0) is 7.05 Å². The van der Waals surface area contributed by atoms with Crippen molar-refractivity contribution in [2.45, 2.75) is 20.8 Å². The van der Waals surface area contributed by atoms with Crippen LogP contribution < -0.4 is 10.3 Å². The number of nitro groups is 1. The molecule has 0 atom stereocenters. The van der Waals surface area contributed by atoms with Gasteiger partial charge in [0.2, 0.25) is 11.5 Å². The summed E-state index contributed by atoms with van der Waals surface area (Å²) < 4.78 is 7.00. The third-order valence-electron chi connectivity index (χ3n) is 4.50. The largest absolute Gasteiger partial charge is 0.450 e. The number of nitrogens with one attached hydrogen (secondary N) is 1. The van der Waals surface area contributed by atoms with E-state index in [1.54, 1.807) is 6.92 Å². The van der Waals surface area contributed by atoms with Crippen LogP contribution in [0, 0.1) is 30.9 Å². The van der Waals surface area contributed by atoms with Crippen molar-refractivity contribution in [2.75, 3.05) is 0 Å². The van der Waals surface area contributed by atoms with Crippen molar-refractivity contribution in [1.82, 2.24) is 9.78 Å². The Morgan fingerprint density at radius 2 is 1.71 bits per heavy atom. The van der Waals surface area contributed by atoms with Crippen molar-refractivity contribution in [2.24, 2.45) is 7.05 Å². The normalized spacial score (nSPS) is 10.7. The zero-order valence-electron chi connectivity index (χ0n) is 15.9. The van der Waals surface area contributed by atoms with Crippen LogP contribution in [0.25, 0.3) is 0 Å². The maximum atomic E-state index is 13.0. The van der Waals surface area contributed by atoms with Gasteiger partial charge in [-0.1, -0.05) is 24.3 Å². The Bertz CT molecular complexity index is 1140. The zero-order chi connectivity index (χ0) is 20.6. The predicted octanol–water partition coefficient (Wildman–Crippen LogP) is 3.57. The van der Waals surface area contributed by atoms with Crippen LogP contribution in [-0.4, -0.2) is 20.5 Å². The average molecular weight is 381 g/mol. The zero-order valence-corrected chi connectivity index (χ0v) is 15.9. The van der Waals surface area contributed by atoms with Gasteiger partial charge in [-0.15, -0.1) is 0 Å². The van der Waals surface area contributed by atoms with Crippen LogP contribution in [0.5, 0.6) is 11.5 Å². The van der Waals surface area contributed by atoms with Gasteiger partial charge in [-0.2, -0.15) is 0 Å². The molecule has 0 unspecified atom stereocenters. The average Bonchev–Trinajstić information content (AvgIpc) is 2.89. The number of aromatic amines is 1. The number of aromatic nitrogens is 2. The summed E-state index contributed by atoms with van der Waals surface area (Å²) in [4.78, 5) is 36.4. The van der Waals surface area contributed by atoms with Crippen LogP contribution in [0.15, 0.2) is 41.2 Å². The number of benzene rings is 2. The molecule has 0 fully saturated rings. The molecule has 1 heterocycles. The molecule has 3 rings (SSSR count). The third kappa shape index (κ3) is 3.20. The molecule has 8 heteroatoms. The maximum Gasteiger partial charge on any atom is 0.322 e. The van der Waals surface area contributed by atoms with Gasteiger partial charge in [0.15, 0.2) is 0 Å². The lowest BCUT2D eigenvalue weighted by Crippen LogP contribution is -2.20. The number of hydrogen-bond donors (Lipinski definition) is 1. The summed E-state index contributed by atoms with van der Waals surface area (Å²) in [6.45, 7) is 5.23. The topological polar surface area (TPSA) is 107 Å². The fourth-order valence-electron chi connectivity index (χ4n) is 3.13. The van der Waals surface area contributed by atoms with Gasteiger partial charge in [-0.3, -0.25) is 29.5 Å². The summed E-state index contributed by atoms with van der Waals surface area (Å²) in [5, 5.41) is 14.5. The minimum atomic E-state index is -0.724. The quantitative estimate of drug-likeness (QED) is 0.413. The van der Waals surface area contributed by atoms with Gasteiger partial charge < -0.3 is 4.74 Å². The first-order valence-corrected chi connectivity index (χ1v) is 8.54. The summed E-state index contributed by atoms with van der Waals surface area (Å²) >= 11 is 0. The van der Waals surface area contributed by atoms with E-state index in [2.05, 4.69) is 5.10 Å². The highest BCUT2D eigenvalue weighted by molar-refractivity contribution is 6.12. The van der Waals surface area contributed by atoms with Gasteiger partial charge >= 0.3 is 5.69 Å². The van der Waals surface area contributed by atoms with E-state index in [1.165, 1.54) is 25.2 Å². The maximum absolute atomic E-state index is 13.0. The van der Waals surface area contributed by atoms with Crippen LogP contribution >= 0.6 is 0 Å². The van der Waals surface area contributed by atoms with Crippen molar-refractivity contribution < 1.29 is 14.5 Å². The smallest absolute Gasteiger partial charge is 0.322 e. The fourth-order valence-corrected chi connectivity index (χ4v) is 3.13. The summed E-state index contributed by atoms with van der Waals surface area (Å²) in [6.07, 6.45) is 0. The van der Waals surface area contributed by atoms with Gasteiger partial charge in [-0.05, 0) is 44.0 Å². The number of nitrogens with zero attached hydrogens (tertiary/aromatic N) is 2. The second kappa shape index (κ2) is 7.15. The third-order valence-corrected chi connectivity index (χ3v) is 4.50. The van der Waals surface area contributed by atoms with Crippen molar-refractivity contribution in [3.05, 3.63) is 84.8 Å². The molecule has 1 aromatic heterocycles. The van der Waals surface area contributed by atoms with Crippen molar-refractivity contribution in [1.29, 1.82) is 0 Å². The van der Waals surface area contributed by atoms with E-state index in [1.807, 2.05) is 32.0 Å². The molecule has 144 valence electrons. The standard InChI is InChI=1S/C20H19N3O5/c1-11-7-5-8-12(2)19(11)28-15-10-6-9-14(17(15)23(26)27)18(24)16-13(3)21-22(4)20(16)25/h5-10,21H,1-4H3. The molecule has 3 aromatic rings. The number of hydrogen-bond acceptors (Lipinski definition) is 5. The molecule has 0 bridgehead atoms. The highest BCUT2D eigenvalue weighted by Crippen LogP contribution is 2.37. The highest BCUT2D eigenvalue weighted by atomic mass is 16.6. The number of carbonyl (C=O) groups excluding carboxylic acids is 1. The molecule has 0 saturated heterocycles. The number of para-hydroxylation sites is 2. The van der Waals surface area contributed by atoms with Crippen LogP contribution in [0.3, 0.4) is 0 Å². The van der Waals surface area contributed by atoms with Crippen LogP contribution in [0.2, 0.25) is 0 Å². The summed E-state index contributed by atoms with van der Waals surface area (Å²) in [6, 6.07) is 9.77. The lowest BCUT2D eigenvalue weighted by molar-refractivity contribution is -0.385. The predicted molar refractivity (Wildman–Crippen MR) is 103 cm³/mol. The van der Waals surface area contributed by atoms with Crippen LogP contribution in [0.4, 0.5) is 5.69 Å². The molecule has 0 aliphatic rings. The van der Waals surface area contributed by atoms with Gasteiger partial charge in [0.1, 0.15) is 16.9 Å². The molecule has 0 aliphatic carbocycles. The van der Waals surface area contributed by atoms with Gasteiger partial charge in [0.05, 0.1) is 4.92 Å². The highest BCUT2D eigenvalue weighted by Gasteiger charge is 2.30. The van der Waals surface area contributed by atoms with Gasteiger partial charge in [-0.25, -0.2) is 0 Å². The number of nitro benzene ring substituents is 1. The Labute approximate surface area is 160 Å². The van der Waals surface area contributed by atoms with E-state index < -0.39 is 22.0 Å². The second-order valence-electron chi connectivity index (χ2n) is 6.54. The Morgan fingerprint density at radius 3 is 2.25 bits per heavy atom. The van der Waals surface area contributed by atoms with E-state index in [0.717, 1.165) is 15.8 Å². The first kappa shape index (κ1) is 19.1. The number of rotatable bonds is 5. The molecule has 0 spiro atoms. The Balaban J connectivity index is 2.17. The van der Waals surface area contributed by atoms with Crippen LogP contribution in [0.1, 0.15) is 32.7 Å². The SMILES string of the molecule is Cc1cccc(C)c1Oc1cccc(C(=O)c2c(C)[nH]n(C)c2=O)c1[N+](=O)[O-]. The minimum Gasteiger partial charge on any atom is -0.450 e. The second-order valence-corrected chi connectivity index (χ2v) is 6.54. The molecule has 1 N–H and O–H groups in total. The van der Waals surface area contributed by atoms with Gasteiger partial charge in [0, 0.05) is 12.7 Å². The van der Waals surface area contributed by atoms with Crippen molar-refractivity contribution in [3.63, 3.8) is 0 Å². The van der Waals surface area contributed by atoms with E-state index in [-0.39, 0.29) is 16.9 Å². The molecule has 0 saturated carbocycles. The first-order valence-electron chi connectivity index (χ1n) is 8.54. The summed E-state index contributed by atoms with van der Waals surface area (Å²) in [5.74, 6) is -0.291. The van der Waals surface area contributed by atoms with Gasteiger partial charge in [0.25, 0.3) is 5.56 Å². The Hall–Kier alpha value is -3.68. The molecule has 0 radical (unpaired) electrons. The molecule has 8 nitrogen and oxygen atoms in total. The number of ketones is 1. The Kier molecular flexibility index (Phi) is 4.87. The summed E-state index contributed by atoms with van der Waals surface area (Å²) in [7, 11) is 1.47. The molecule has 28 heavy (non-hydrogen) atoms. The van der Waals surface area contributed by atoms with E-state index in [0.29, 0.717) is 11.4 Å². The first-order chi connectivity index (χ1) is 13.2. The fraction of sp³-hybridized carbons (Fsp3) is 0.200. The Morgan fingerprint density at radius 1 is 1.11 bits per heavy atom. The van der Waals surface area contributed by atoms with E-state index in [9.17, 15) is 19.7 Å². The summed E-state index contributed by atoms with van der Waals surface area (Å²) in [5.41, 5.74) is 0.606. The number of ether oxygens (including phenoxy) is 1. The monoisotopic (exact) mass is 381 g/mol. The number of H-pyrrole nitrogens is 1.